The fourth-order valence-electron chi connectivity index (χ4n) is 2.19. The minimum Gasteiger partial charge on any atom is -0.484 e. The lowest BCUT2D eigenvalue weighted by atomic mass is 10.1. The third kappa shape index (κ3) is 4.59. The highest BCUT2D eigenvalue weighted by molar-refractivity contribution is 5.89. The number of amides is 1. The van der Waals surface area contributed by atoms with Gasteiger partial charge in [0.15, 0.2) is 6.61 Å². The molecule has 0 aliphatic rings. The van der Waals surface area contributed by atoms with Gasteiger partial charge in [-0.3, -0.25) is 4.79 Å². The van der Waals surface area contributed by atoms with E-state index in [2.05, 4.69) is 4.74 Å². The summed E-state index contributed by atoms with van der Waals surface area (Å²) in [6.45, 7) is 2.50. The van der Waals surface area contributed by atoms with Crippen LogP contribution in [0.15, 0.2) is 48.5 Å². The molecule has 0 radical (unpaired) electrons. The fourth-order valence-corrected chi connectivity index (χ4v) is 2.19. The molecule has 0 saturated heterocycles. The average Bonchev–Trinajstić information content (AvgIpc) is 2.61. The highest BCUT2D eigenvalue weighted by Crippen LogP contribution is 2.14. The number of nitrogens with zero attached hydrogens (tertiary/aromatic N) is 1. The highest BCUT2D eigenvalue weighted by atomic mass is 16.5. The smallest absolute Gasteiger partial charge is 0.337 e. The Morgan fingerprint density at radius 3 is 2.33 bits per heavy atom. The van der Waals surface area contributed by atoms with Crippen molar-refractivity contribution < 1.29 is 19.1 Å². The zero-order chi connectivity index (χ0) is 17.5. The molecule has 2 rings (SSSR count). The molecule has 0 atom stereocenters. The minimum atomic E-state index is -0.407. The Labute approximate surface area is 141 Å². The lowest BCUT2D eigenvalue weighted by molar-refractivity contribution is -0.132. The standard InChI is InChI=1S/C19H21NO4/c1-14-6-4-5-7-16(14)12-20(2)18(21)13-24-17-10-8-15(9-11-17)19(22)23-3/h4-11H,12-13H2,1-3H3. The van der Waals surface area contributed by atoms with Gasteiger partial charge in [0.1, 0.15) is 5.75 Å². The van der Waals surface area contributed by atoms with Gasteiger partial charge in [0.05, 0.1) is 12.7 Å². The molecule has 2 aromatic carbocycles. The summed E-state index contributed by atoms with van der Waals surface area (Å²) in [6.07, 6.45) is 0. The van der Waals surface area contributed by atoms with Crippen LogP contribution in [0.3, 0.4) is 0 Å². The molecule has 5 nitrogen and oxygen atoms in total. The third-order valence-corrected chi connectivity index (χ3v) is 3.73. The Balaban J connectivity index is 1.88. The molecule has 0 saturated carbocycles. The molecule has 0 N–H and O–H groups in total. The SMILES string of the molecule is COC(=O)c1ccc(OCC(=O)N(C)Cc2ccccc2C)cc1. The van der Waals surface area contributed by atoms with Crippen LogP contribution in [-0.2, 0) is 16.1 Å². The van der Waals surface area contributed by atoms with Crippen molar-refractivity contribution in [2.75, 3.05) is 20.8 Å². The van der Waals surface area contributed by atoms with Crippen LogP contribution in [0.5, 0.6) is 5.75 Å². The van der Waals surface area contributed by atoms with Crippen LogP contribution in [-0.4, -0.2) is 37.5 Å². The van der Waals surface area contributed by atoms with Crippen LogP contribution in [0.4, 0.5) is 0 Å². The first-order valence-electron chi connectivity index (χ1n) is 7.61. The molecule has 5 heteroatoms. The van der Waals surface area contributed by atoms with Gasteiger partial charge in [-0.2, -0.15) is 0 Å². The minimum absolute atomic E-state index is 0.0556. The predicted molar refractivity (Wildman–Crippen MR) is 90.9 cm³/mol. The number of hydrogen-bond acceptors (Lipinski definition) is 4. The summed E-state index contributed by atoms with van der Waals surface area (Å²) in [7, 11) is 3.08. The van der Waals surface area contributed by atoms with E-state index < -0.39 is 5.97 Å². The largest absolute Gasteiger partial charge is 0.484 e. The normalized spacial score (nSPS) is 10.1. The number of hydrogen-bond donors (Lipinski definition) is 0. The van der Waals surface area contributed by atoms with Gasteiger partial charge in [-0.05, 0) is 42.3 Å². The summed E-state index contributed by atoms with van der Waals surface area (Å²) < 4.78 is 10.1. The van der Waals surface area contributed by atoms with Crippen molar-refractivity contribution >= 4 is 11.9 Å². The Bertz CT molecular complexity index is 710. The maximum Gasteiger partial charge on any atom is 0.337 e. The Morgan fingerprint density at radius 2 is 1.71 bits per heavy atom. The molecule has 0 aromatic heterocycles. The summed E-state index contributed by atoms with van der Waals surface area (Å²) in [4.78, 5) is 25.2. The van der Waals surface area contributed by atoms with Crippen LogP contribution in [0, 0.1) is 6.92 Å². The van der Waals surface area contributed by atoms with E-state index in [1.165, 1.54) is 7.11 Å². The molecule has 0 bridgehead atoms. The van der Waals surface area contributed by atoms with E-state index in [0.29, 0.717) is 17.9 Å². The van der Waals surface area contributed by atoms with Gasteiger partial charge in [0, 0.05) is 13.6 Å². The number of carbonyl (C=O) groups excluding carboxylic acids is 2. The van der Waals surface area contributed by atoms with E-state index >= 15 is 0 Å². The molecule has 0 spiro atoms. The van der Waals surface area contributed by atoms with Gasteiger partial charge in [-0.15, -0.1) is 0 Å². The molecule has 0 fully saturated rings. The second-order valence-electron chi connectivity index (χ2n) is 5.48. The number of ether oxygens (including phenoxy) is 2. The molecule has 0 aliphatic carbocycles. The zero-order valence-electron chi connectivity index (χ0n) is 14.1. The number of esters is 1. The van der Waals surface area contributed by atoms with Crippen LogP contribution in [0.2, 0.25) is 0 Å². The molecule has 24 heavy (non-hydrogen) atoms. The van der Waals surface area contributed by atoms with E-state index in [-0.39, 0.29) is 12.5 Å². The van der Waals surface area contributed by atoms with Gasteiger partial charge in [0.2, 0.25) is 0 Å². The van der Waals surface area contributed by atoms with Crippen molar-refractivity contribution in [3.63, 3.8) is 0 Å². The van der Waals surface area contributed by atoms with E-state index in [9.17, 15) is 9.59 Å². The van der Waals surface area contributed by atoms with Crippen molar-refractivity contribution in [2.24, 2.45) is 0 Å². The molecular weight excluding hydrogens is 306 g/mol. The van der Waals surface area contributed by atoms with E-state index in [1.54, 1.807) is 36.2 Å². The second-order valence-corrected chi connectivity index (χ2v) is 5.48. The predicted octanol–water partition coefficient (Wildman–Crippen LogP) is 2.82. The van der Waals surface area contributed by atoms with Crippen LogP contribution in [0.1, 0.15) is 21.5 Å². The summed E-state index contributed by atoms with van der Waals surface area (Å²) in [5, 5.41) is 0. The monoisotopic (exact) mass is 327 g/mol. The van der Waals surface area contributed by atoms with Gasteiger partial charge >= 0.3 is 5.97 Å². The maximum absolute atomic E-state index is 12.2. The fraction of sp³-hybridized carbons (Fsp3) is 0.263. The van der Waals surface area contributed by atoms with Crippen molar-refractivity contribution in [1.29, 1.82) is 0 Å². The summed E-state index contributed by atoms with van der Waals surface area (Å²) in [6, 6.07) is 14.4. The lowest BCUT2D eigenvalue weighted by Gasteiger charge is -2.18. The van der Waals surface area contributed by atoms with Gasteiger partial charge in [-0.25, -0.2) is 4.79 Å². The van der Waals surface area contributed by atoms with Gasteiger partial charge < -0.3 is 14.4 Å². The number of carbonyl (C=O) groups is 2. The number of rotatable bonds is 6. The van der Waals surface area contributed by atoms with Crippen molar-refractivity contribution in [3.05, 3.63) is 65.2 Å². The highest BCUT2D eigenvalue weighted by Gasteiger charge is 2.12. The second kappa shape index (κ2) is 8.15. The van der Waals surface area contributed by atoms with Gasteiger partial charge in [0.25, 0.3) is 5.91 Å². The molecule has 1 amide bonds. The van der Waals surface area contributed by atoms with E-state index in [4.69, 9.17) is 4.74 Å². The molecule has 0 heterocycles. The maximum atomic E-state index is 12.2. The summed E-state index contributed by atoms with van der Waals surface area (Å²) in [5.41, 5.74) is 2.69. The molecule has 0 unspecified atom stereocenters. The van der Waals surface area contributed by atoms with E-state index in [1.807, 2.05) is 31.2 Å². The summed E-state index contributed by atoms with van der Waals surface area (Å²) in [5.74, 6) is 0.00572. The molecule has 126 valence electrons. The molecular formula is C19H21NO4. The first kappa shape index (κ1) is 17.5. The number of aryl methyl sites for hydroxylation is 1. The van der Waals surface area contributed by atoms with Crippen LogP contribution in [0.25, 0.3) is 0 Å². The van der Waals surface area contributed by atoms with Crippen LogP contribution >= 0.6 is 0 Å². The summed E-state index contributed by atoms with van der Waals surface area (Å²) >= 11 is 0. The number of likely N-dealkylation sites (N-methyl/N-ethyl adjacent to an activating group) is 1. The van der Waals surface area contributed by atoms with Crippen molar-refractivity contribution in [3.8, 4) is 5.75 Å². The third-order valence-electron chi connectivity index (χ3n) is 3.73. The average molecular weight is 327 g/mol. The van der Waals surface area contributed by atoms with E-state index in [0.717, 1.165) is 11.1 Å². The topological polar surface area (TPSA) is 55.8 Å². The van der Waals surface area contributed by atoms with Gasteiger partial charge in [-0.1, -0.05) is 24.3 Å². The quantitative estimate of drug-likeness (QED) is 0.766. The number of benzene rings is 2. The number of methoxy groups -OCH3 is 1. The molecule has 2 aromatic rings. The molecule has 0 aliphatic heterocycles. The Hall–Kier alpha value is -2.82. The zero-order valence-corrected chi connectivity index (χ0v) is 14.1. The van der Waals surface area contributed by atoms with Crippen molar-refractivity contribution in [1.82, 2.24) is 4.90 Å². The lowest BCUT2D eigenvalue weighted by Crippen LogP contribution is -2.31. The van der Waals surface area contributed by atoms with Crippen LogP contribution < -0.4 is 4.74 Å². The van der Waals surface area contributed by atoms with Crippen molar-refractivity contribution in [2.45, 2.75) is 13.5 Å². The first-order valence-corrected chi connectivity index (χ1v) is 7.61. The Kier molecular flexibility index (Phi) is 5.95. The Morgan fingerprint density at radius 1 is 1.04 bits per heavy atom. The first-order chi connectivity index (χ1) is 11.5.